The summed E-state index contributed by atoms with van der Waals surface area (Å²) in [4.78, 5) is 34.7. The zero-order valence-electron chi connectivity index (χ0n) is 14.4. The molecule has 0 saturated heterocycles. The Morgan fingerprint density at radius 2 is 1.18 bits per heavy atom. The summed E-state index contributed by atoms with van der Waals surface area (Å²) in [5.74, 6) is -3.16. The fourth-order valence-corrected chi connectivity index (χ4v) is 3.49. The fourth-order valence-electron chi connectivity index (χ4n) is 3.49. The van der Waals surface area contributed by atoms with E-state index < -0.39 is 23.5 Å². The first-order chi connectivity index (χ1) is 13.4. The fraction of sp³-hybridized carbons (Fsp3) is 0.0455. The van der Waals surface area contributed by atoms with E-state index in [4.69, 9.17) is 4.74 Å². The second-order valence-corrected chi connectivity index (χ2v) is 6.35. The number of hydrogen-bond donors (Lipinski definition) is 0. The molecule has 3 aromatic rings. The number of benzene rings is 3. The molecular formula is C22H12O6-2. The highest BCUT2D eigenvalue weighted by molar-refractivity contribution is 5.96. The van der Waals surface area contributed by atoms with Gasteiger partial charge in [0.2, 0.25) is 0 Å². The molecule has 0 aromatic heterocycles. The predicted octanol–water partition coefficient (Wildman–Crippen LogP) is 0.876. The molecule has 0 radical (unpaired) electrons. The zero-order valence-corrected chi connectivity index (χ0v) is 14.4. The standard InChI is InChI=1S/C22H14O6/c23-19(24)13-5-9-15(10-6-13)22(16-11-7-14(8-12-16)20(25)26)18-4-2-1-3-17(18)21(27)28-22/h1-12H,(H,23,24)(H,25,26)/p-2. The van der Waals surface area contributed by atoms with Crippen molar-refractivity contribution in [1.29, 1.82) is 0 Å². The minimum atomic E-state index is -1.33. The number of hydrogen-bond acceptors (Lipinski definition) is 6. The molecule has 0 bridgehead atoms. The monoisotopic (exact) mass is 372 g/mol. The Bertz CT molecular complexity index is 1040. The number of aromatic carboxylic acids is 2. The lowest BCUT2D eigenvalue weighted by molar-refractivity contribution is -0.256. The minimum Gasteiger partial charge on any atom is -0.545 e. The Morgan fingerprint density at radius 1 is 0.714 bits per heavy atom. The van der Waals surface area contributed by atoms with Gasteiger partial charge in [0.1, 0.15) is 0 Å². The summed E-state index contributed by atoms with van der Waals surface area (Å²) in [7, 11) is 0. The van der Waals surface area contributed by atoms with Crippen LogP contribution in [0.4, 0.5) is 0 Å². The van der Waals surface area contributed by atoms with Gasteiger partial charge in [0.25, 0.3) is 0 Å². The van der Waals surface area contributed by atoms with Gasteiger partial charge in [-0.1, -0.05) is 66.7 Å². The minimum absolute atomic E-state index is 0.0104. The summed E-state index contributed by atoms with van der Waals surface area (Å²) in [6, 6.07) is 18.6. The molecule has 1 aliphatic heterocycles. The largest absolute Gasteiger partial charge is 0.545 e. The molecule has 0 N–H and O–H groups in total. The number of carbonyl (C=O) groups is 3. The highest BCUT2D eigenvalue weighted by Crippen LogP contribution is 2.46. The SMILES string of the molecule is O=C([O-])c1ccc(C2(c3ccc(C(=O)[O-])cc3)OC(=O)c3ccccc32)cc1. The first kappa shape index (κ1) is 17.5. The second kappa shape index (κ2) is 6.35. The molecule has 4 rings (SSSR count). The van der Waals surface area contributed by atoms with Crippen LogP contribution in [-0.2, 0) is 10.3 Å². The van der Waals surface area contributed by atoms with Gasteiger partial charge in [-0.05, 0) is 17.2 Å². The lowest BCUT2D eigenvalue weighted by atomic mass is 9.79. The molecule has 0 atom stereocenters. The summed E-state index contributed by atoms with van der Waals surface area (Å²) < 4.78 is 5.83. The highest BCUT2D eigenvalue weighted by atomic mass is 16.6. The summed E-state index contributed by atoms with van der Waals surface area (Å²) in [5, 5.41) is 22.2. The molecule has 0 spiro atoms. The van der Waals surface area contributed by atoms with E-state index in [0.29, 0.717) is 22.3 Å². The lowest BCUT2D eigenvalue weighted by Crippen LogP contribution is -2.30. The molecule has 1 heterocycles. The maximum Gasteiger partial charge on any atom is 0.340 e. The quantitative estimate of drug-likeness (QED) is 0.629. The van der Waals surface area contributed by atoms with Crippen molar-refractivity contribution in [2.75, 3.05) is 0 Å². The van der Waals surface area contributed by atoms with Gasteiger partial charge in [-0.15, -0.1) is 0 Å². The van der Waals surface area contributed by atoms with Crippen LogP contribution in [0.2, 0.25) is 0 Å². The maximum atomic E-state index is 12.5. The smallest absolute Gasteiger partial charge is 0.340 e. The molecule has 0 unspecified atom stereocenters. The predicted molar refractivity (Wildman–Crippen MR) is 93.3 cm³/mol. The van der Waals surface area contributed by atoms with Crippen LogP contribution in [0.3, 0.4) is 0 Å². The third-order valence-corrected chi connectivity index (χ3v) is 4.83. The second-order valence-electron chi connectivity index (χ2n) is 6.35. The number of rotatable bonds is 4. The molecule has 0 amide bonds. The Kier molecular flexibility index (Phi) is 3.96. The van der Waals surface area contributed by atoms with Crippen LogP contribution in [0.1, 0.15) is 47.8 Å². The molecule has 0 fully saturated rings. The third kappa shape index (κ3) is 2.54. The molecule has 1 aliphatic rings. The van der Waals surface area contributed by atoms with Crippen molar-refractivity contribution in [3.05, 3.63) is 106 Å². The molecule has 0 aliphatic carbocycles. The zero-order chi connectivity index (χ0) is 19.9. The van der Waals surface area contributed by atoms with Crippen LogP contribution in [0.15, 0.2) is 72.8 Å². The van der Waals surface area contributed by atoms with Crippen molar-refractivity contribution in [3.8, 4) is 0 Å². The summed E-state index contributed by atoms with van der Waals surface area (Å²) >= 11 is 0. The average Bonchev–Trinajstić information content (AvgIpc) is 3.02. The highest BCUT2D eigenvalue weighted by Gasteiger charge is 2.48. The first-order valence-corrected chi connectivity index (χ1v) is 8.40. The van der Waals surface area contributed by atoms with Crippen LogP contribution in [-0.4, -0.2) is 17.9 Å². The van der Waals surface area contributed by atoms with Gasteiger partial charge in [0.05, 0.1) is 17.5 Å². The van der Waals surface area contributed by atoms with Gasteiger partial charge in [0, 0.05) is 16.7 Å². The van der Waals surface area contributed by atoms with E-state index in [1.54, 1.807) is 48.5 Å². The van der Waals surface area contributed by atoms with E-state index in [-0.39, 0.29) is 11.1 Å². The normalized spacial score (nSPS) is 14.2. The van der Waals surface area contributed by atoms with Gasteiger partial charge in [-0.2, -0.15) is 0 Å². The van der Waals surface area contributed by atoms with E-state index in [1.165, 1.54) is 24.3 Å². The van der Waals surface area contributed by atoms with E-state index >= 15 is 0 Å². The van der Waals surface area contributed by atoms with Gasteiger partial charge < -0.3 is 24.5 Å². The maximum absolute atomic E-state index is 12.5. The van der Waals surface area contributed by atoms with E-state index in [0.717, 1.165) is 0 Å². The molecular weight excluding hydrogens is 360 g/mol. The Labute approximate surface area is 159 Å². The van der Waals surface area contributed by atoms with Crippen LogP contribution < -0.4 is 10.2 Å². The first-order valence-electron chi connectivity index (χ1n) is 8.40. The Balaban J connectivity index is 1.96. The third-order valence-electron chi connectivity index (χ3n) is 4.83. The van der Waals surface area contributed by atoms with Crippen LogP contribution >= 0.6 is 0 Å². The van der Waals surface area contributed by atoms with Crippen LogP contribution in [0.5, 0.6) is 0 Å². The Morgan fingerprint density at radius 3 is 1.64 bits per heavy atom. The summed E-state index contributed by atoms with van der Waals surface area (Å²) in [5.41, 5.74) is 0.669. The molecule has 138 valence electrons. The van der Waals surface area contributed by atoms with Crippen molar-refractivity contribution in [2.24, 2.45) is 0 Å². The van der Waals surface area contributed by atoms with Crippen molar-refractivity contribution >= 4 is 17.9 Å². The lowest BCUT2D eigenvalue weighted by Gasteiger charge is -2.30. The van der Waals surface area contributed by atoms with Gasteiger partial charge in [-0.25, -0.2) is 4.79 Å². The van der Waals surface area contributed by atoms with E-state index in [2.05, 4.69) is 0 Å². The topological polar surface area (TPSA) is 107 Å². The Hall–Kier alpha value is -3.93. The van der Waals surface area contributed by atoms with Crippen LogP contribution in [0, 0.1) is 0 Å². The summed E-state index contributed by atoms with van der Waals surface area (Å²) in [6.45, 7) is 0. The number of carboxylic acids is 2. The van der Waals surface area contributed by atoms with E-state index in [1.807, 2.05) is 0 Å². The van der Waals surface area contributed by atoms with Crippen molar-refractivity contribution in [2.45, 2.75) is 5.60 Å². The van der Waals surface area contributed by atoms with Crippen molar-refractivity contribution in [1.82, 2.24) is 0 Å². The molecule has 0 saturated carbocycles. The molecule has 6 nitrogen and oxygen atoms in total. The van der Waals surface area contributed by atoms with Gasteiger partial charge in [-0.3, -0.25) is 0 Å². The summed E-state index contributed by atoms with van der Waals surface area (Å²) in [6.07, 6.45) is 0. The molecule has 28 heavy (non-hydrogen) atoms. The molecule has 6 heteroatoms. The van der Waals surface area contributed by atoms with Crippen LogP contribution in [0.25, 0.3) is 0 Å². The number of fused-ring (bicyclic) bond motifs is 1. The van der Waals surface area contributed by atoms with E-state index in [9.17, 15) is 24.6 Å². The number of esters is 1. The molecule has 3 aromatic carbocycles. The number of ether oxygens (including phenoxy) is 1. The number of carboxylic acid groups (broad SMARTS) is 2. The average molecular weight is 372 g/mol. The van der Waals surface area contributed by atoms with Crippen molar-refractivity contribution in [3.63, 3.8) is 0 Å². The van der Waals surface area contributed by atoms with Crippen molar-refractivity contribution < 1.29 is 29.3 Å². The van der Waals surface area contributed by atoms with Gasteiger partial charge in [0.15, 0.2) is 5.60 Å². The van der Waals surface area contributed by atoms with Gasteiger partial charge >= 0.3 is 5.97 Å². The number of carbonyl (C=O) groups excluding carboxylic acids is 3. The number of cyclic esters (lactones) is 1.